The monoisotopic (exact) mass is 1020 g/mol. The summed E-state index contributed by atoms with van der Waals surface area (Å²) in [6.45, 7) is 6.49. The van der Waals surface area contributed by atoms with Gasteiger partial charge in [-0.05, 0) is 64.2 Å². The van der Waals surface area contributed by atoms with Gasteiger partial charge in [0.2, 0.25) is 0 Å². The van der Waals surface area contributed by atoms with Crippen LogP contribution in [0, 0.1) is 0 Å². The Labute approximate surface area is 453 Å². The maximum atomic E-state index is 12.8. The summed E-state index contributed by atoms with van der Waals surface area (Å²) < 4.78 is 16.8. The third kappa shape index (κ3) is 59.9. The minimum atomic E-state index is -0.768. The number of hydrogen-bond acceptors (Lipinski definition) is 6. The summed E-state index contributed by atoms with van der Waals surface area (Å²) in [4.78, 5) is 37.9. The van der Waals surface area contributed by atoms with E-state index in [1.54, 1.807) is 0 Å². The average Bonchev–Trinajstić information content (AvgIpc) is 3.39. The molecule has 0 heterocycles. The zero-order chi connectivity index (χ0) is 52.9. The molecule has 0 aliphatic rings. The van der Waals surface area contributed by atoms with Crippen LogP contribution in [0.3, 0.4) is 0 Å². The van der Waals surface area contributed by atoms with E-state index < -0.39 is 6.10 Å². The molecular formula is C67H120O6. The second kappa shape index (κ2) is 61.7. The van der Waals surface area contributed by atoms with Gasteiger partial charge in [0.05, 0.1) is 0 Å². The van der Waals surface area contributed by atoms with Crippen molar-refractivity contribution in [1.82, 2.24) is 0 Å². The van der Waals surface area contributed by atoms with E-state index in [4.69, 9.17) is 14.2 Å². The average molecular weight is 1020 g/mol. The Kier molecular flexibility index (Phi) is 59.2. The van der Waals surface area contributed by atoms with Crippen molar-refractivity contribution in [1.29, 1.82) is 0 Å². The zero-order valence-corrected chi connectivity index (χ0v) is 48.7. The number of allylic oxidation sites excluding steroid dienone is 10. The Morgan fingerprint density at radius 2 is 0.534 bits per heavy atom. The van der Waals surface area contributed by atoms with Crippen LogP contribution in [0.5, 0.6) is 0 Å². The van der Waals surface area contributed by atoms with Crippen LogP contribution in [0.15, 0.2) is 60.8 Å². The molecule has 0 rings (SSSR count). The molecule has 0 amide bonds. The molecule has 424 valence electrons. The number of hydrogen-bond donors (Lipinski definition) is 0. The van der Waals surface area contributed by atoms with Crippen LogP contribution in [0.1, 0.15) is 329 Å². The third-order valence-electron chi connectivity index (χ3n) is 14.0. The Balaban J connectivity index is 4.00. The van der Waals surface area contributed by atoms with E-state index in [0.29, 0.717) is 19.3 Å². The molecule has 0 aromatic rings. The normalized spacial score (nSPS) is 12.4. The third-order valence-corrected chi connectivity index (χ3v) is 14.0. The van der Waals surface area contributed by atoms with Gasteiger partial charge in [-0.2, -0.15) is 0 Å². The van der Waals surface area contributed by atoms with Gasteiger partial charge in [-0.3, -0.25) is 14.4 Å². The lowest BCUT2D eigenvalue weighted by molar-refractivity contribution is -0.167. The second-order valence-corrected chi connectivity index (χ2v) is 21.3. The molecule has 0 bridgehead atoms. The molecule has 0 radical (unpaired) electrons. The van der Waals surface area contributed by atoms with E-state index in [1.165, 1.54) is 193 Å². The second-order valence-electron chi connectivity index (χ2n) is 21.3. The van der Waals surface area contributed by atoms with Crippen LogP contribution in [0.2, 0.25) is 0 Å². The van der Waals surface area contributed by atoms with E-state index >= 15 is 0 Å². The number of carbonyl (C=O) groups excluding carboxylic acids is 3. The van der Waals surface area contributed by atoms with Crippen molar-refractivity contribution in [2.75, 3.05) is 13.2 Å². The van der Waals surface area contributed by atoms with Gasteiger partial charge < -0.3 is 14.2 Å². The van der Waals surface area contributed by atoms with Gasteiger partial charge in [0.15, 0.2) is 6.10 Å². The molecule has 0 aliphatic carbocycles. The van der Waals surface area contributed by atoms with Gasteiger partial charge in [0.1, 0.15) is 13.2 Å². The van der Waals surface area contributed by atoms with Crippen LogP contribution in [-0.4, -0.2) is 37.2 Å². The summed E-state index contributed by atoms with van der Waals surface area (Å²) in [6.07, 6.45) is 78.5. The first-order valence-electron chi connectivity index (χ1n) is 31.8. The van der Waals surface area contributed by atoms with Crippen LogP contribution in [0.4, 0.5) is 0 Å². The van der Waals surface area contributed by atoms with Crippen LogP contribution in [-0.2, 0) is 28.6 Å². The molecule has 0 aliphatic heterocycles. The molecule has 0 fully saturated rings. The maximum Gasteiger partial charge on any atom is 0.306 e. The first-order chi connectivity index (χ1) is 36.0. The van der Waals surface area contributed by atoms with Crippen molar-refractivity contribution in [2.45, 2.75) is 335 Å². The van der Waals surface area contributed by atoms with E-state index in [0.717, 1.165) is 96.3 Å². The van der Waals surface area contributed by atoms with Crippen molar-refractivity contribution >= 4 is 17.9 Å². The van der Waals surface area contributed by atoms with Crippen molar-refractivity contribution in [2.24, 2.45) is 0 Å². The van der Waals surface area contributed by atoms with Crippen LogP contribution >= 0.6 is 0 Å². The van der Waals surface area contributed by atoms with Gasteiger partial charge in [-0.1, -0.05) is 306 Å². The Hall–Kier alpha value is -2.89. The molecule has 0 aromatic carbocycles. The van der Waals surface area contributed by atoms with Gasteiger partial charge in [0.25, 0.3) is 0 Å². The summed E-state index contributed by atoms with van der Waals surface area (Å²) in [5, 5.41) is 0. The molecule has 0 spiro atoms. The topological polar surface area (TPSA) is 78.9 Å². The highest BCUT2D eigenvalue weighted by atomic mass is 16.6. The van der Waals surface area contributed by atoms with Crippen molar-refractivity contribution < 1.29 is 28.6 Å². The number of rotatable bonds is 58. The Bertz CT molecular complexity index is 1310. The molecule has 6 heteroatoms. The highest BCUT2D eigenvalue weighted by Gasteiger charge is 2.19. The predicted molar refractivity (Wildman–Crippen MR) is 316 cm³/mol. The molecule has 0 saturated carbocycles. The van der Waals surface area contributed by atoms with Crippen molar-refractivity contribution in [3.8, 4) is 0 Å². The fourth-order valence-electron chi connectivity index (χ4n) is 9.30. The quantitative estimate of drug-likeness (QED) is 0.0261. The van der Waals surface area contributed by atoms with E-state index in [-0.39, 0.29) is 31.1 Å². The summed E-state index contributed by atoms with van der Waals surface area (Å²) >= 11 is 0. The number of esters is 3. The first-order valence-corrected chi connectivity index (χ1v) is 31.8. The van der Waals surface area contributed by atoms with Crippen molar-refractivity contribution in [3.05, 3.63) is 60.8 Å². The smallest absolute Gasteiger partial charge is 0.306 e. The molecule has 0 saturated heterocycles. The Morgan fingerprint density at radius 1 is 0.288 bits per heavy atom. The fourth-order valence-corrected chi connectivity index (χ4v) is 9.30. The summed E-state index contributed by atoms with van der Waals surface area (Å²) in [5.41, 5.74) is 0. The van der Waals surface area contributed by atoms with E-state index in [2.05, 4.69) is 81.5 Å². The lowest BCUT2D eigenvalue weighted by Gasteiger charge is -2.18. The van der Waals surface area contributed by atoms with Crippen molar-refractivity contribution in [3.63, 3.8) is 0 Å². The highest BCUT2D eigenvalue weighted by molar-refractivity contribution is 5.71. The molecule has 0 N–H and O–H groups in total. The molecular weight excluding hydrogens is 901 g/mol. The van der Waals surface area contributed by atoms with Gasteiger partial charge >= 0.3 is 17.9 Å². The molecule has 73 heavy (non-hydrogen) atoms. The summed E-state index contributed by atoms with van der Waals surface area (Å²) in [6, 6.07) is 0. The van der Waals surface area contributed by atoms with Crippen LogP contribution in [0.25, 0.3) is 0 Å². The first kappa shape index (κ1) is 70.1. The minimum Gasteiger partial charge on any atom is -0.462 e. The number of unbranched alkanes of at least 4 members (excludes halogenated alkanes) is 37. The lowest BCUT2D eigenvalue weighted by Crippen LogP contribution is -2.30. The zero-order valence-electron chi connectivity index (χ0n) is 48.7. The number of ether oxygens (including phenoxy) is 3. The Morgan fingerprint density at radius 3 is 0.836 bits per heavy atom. The fraction of sp³-hybridized carbons (Fsp3) is 0.806. The van der Waals surface area contributed by atoms with Gasteiger partial charge in [-0.15, -0.1) is 0 Å². The molecule has 1 unspecified atom stereocenters. The lowest BCUT2D eigenvalue weighted by atomic mass is 10.0. The van der Waals surface area contributed by atoms with Gasteiger partial charge in [-0.25, -0.2) is 0 Å². The summed E-state index contributed by atoms with van der Waals surface area (Å²) in [7, 11) is 0. The largest absolute Gasteiger partial charge is 0.462 e. The SMILES string of the molecule is CC/C=C\C/C=C\C/C=C\C/C=C\C/C=C\CCCCCCCCCCCCCCCC(=O)OCC(COC(=O)CCCCCCC)OC(=O)CCCCCCCCCCCCCCCCCCCCCCC. The molecule has 6 nitrogen and oxygen atoms in total. The predicted octanol–water partition coefficient (Wildman–Crippen LogP) is 21.6. The molecule has 0 aromatic heterocycles. The number of carbonyl (C=O) groups is 3. The minimum absolute atomic E-state index is 0.0707. The van der Waals surface area contributed by atoms with E-state index in [1.807, 2.05) is 0 Å². The van der Waals surface area contributed by atoms with Crippen LogP contribution < -0.4 is 0 Å². The highest BCUT2D eigenvalue weighted by Crippen LogP contribution is 2.17. The molecule has 1 atom stereocenters. The maximum absolute atomic E-state index is 12.8. The van der Waals surface area contributed by atoms with Gasteiger partial charge in [0, 0.05) is 19.3 Å². The summed E-state index contributed by atoms with van der Waals surface area (Å²) in [5.74, 6) is -0.868. The van der Waals surface area contributed by atoms with E-state index in [9.17, 15) is 14.4 Å². The standard InChI is InChI=1S/C67H120O6/c1-4-7-10-13-15-17-19-21-23-25-27-29-30-31-32-33-34-35-36-38-39-41-43-45-47-49-51-54-57-60-66(69)72-63-64(62-71-65(68)59-56-53-12-9-6-3)73-67(70)61-58-55-52-50-48-46-44-42-40-37-28-26-24-22-20-18-16-14-11-8-5-2/h7,10,15,17,21,23,27,29,31-32,64H,4-6,8-9,11-14,16,18-20,22,24-26,28,30,33-63H2,1-3H3/b10-7-,17-15-,23-21-,29-27-,32-31-.